The molecule has 4 aromatic heterocycles. The molecule has 7 rings (SSSR count). The molecular formula is C33H28FN9O2. The van der Waals surface area contributed by atoms with Crippen molar-refractivity contribution in [2.24, 2.45) is 5.73 Å². The Morgan fingerprint density at radius 2 is 1.76 bits per heavy atom. The van der Waals surface area contributed by atoms with Gasteiger partial charge in [-0.25, -0.2) is 24.0 Å². The van der Waals surface area contributed by atoms with Crippen LogP contribution in [0.5, 0.6) is 0 Å². The molecule has 1 aliphatic carbocycles. The molecule has 12 heteroatoms. The molecule has 2 aromatic carbocycles. The van der Waals surface area contributed by atoms with Gasteiger partial charge in [-0.2, -0.15) is 5.10 Å². The molecule has 0 aliphatic heterocycles. The van der Waals surface area contributed by atoms with Gasteiger partial charge in [0, 0.05) is 24.3 Å². The first kappa shape index (κ1) is 28.9. The molecule has 45 heavy (non-hydrogen) atoms. The summed E-state index contributed by atoms with van der Waals surface area (Å²) in [5, 5.41) is 6.49. The molecule has 2 amide bonds. The van der Waals surface area contributed by atoms with E-state index in [1.54, 1.807) is 29.2 Å². The van der Waals surface area contributed by atoms with Gasteiger partial charge in [0.1, 0.15) is 11.3 Å². The van der Waals surface area contributed by atoms with Crippen LogP contribution in [-0.2, 0) is 17.6 Å². The molecule has 0 unspecified atom stereocenters. The Balaban J connectivity index is 0.000000202. The lowest BCUT2D eigenvalue weighted by Gasteiger charge is -2.12. The summed E-state index contributed by atoms with van der Waals surface area (Å²) in [4.78, 5) is 35.9. The largest absolute Gasteiger partial charge is 0.383 e. The summed E-state index contributed by atoms with van der Waals surface area (Å²) in [6.07, 6.45) is 8.76. The highest BCUT2D eigenvalue weighted by Crippen LogP contribution is 2.32. The van der Waals surface area contributed by atoms with Crippen molar-refractivity contribution in [2.75, 3.05) is 11.1 Å². The molecule has 6 aromatic rings. The van der Waals surface area contributed by atoms with E-state index in [2.05, 4.69) is 44.7 Å². The Bertz CT molecular complexity index is 2070. The van der Waals surface area contributed by atoms with E-state index in [0.717, 1.165) is 46.9 Å². The molecular weight excluding hydrogens is 573 g/mol. The van der Waals surface area contributed by atoms with Crippen LogP contribution in [0.4, 0.5) is 15.9 Å². The molecule has 224 valence electrons. The SMILES string of the molecule is C=C(F)C(=O)Nc1ccccc1C(N)=O.Nc1ncccc1-c1nc2ccc(-n3cccn3)nc2n1-c1ccc2c(c1)CCC2. The van der Waals surface area contributed by atoms with E-state index < -0.39 is 17.6 Å². The molecule has 0 atom stereocenters. The minimum Gasteiger partial charge on any atom is -0.383 e. The minimum absolute atomic E-state index is 0.118. The molecule has 5 N–H and O–H groups in total. The first-order valence-corrected chi connectivity index (χ1v) is 14.1. The number of carbonyl (C=O) groups excluding carboxylic acids is 2. The fraction of sp³-hybridized carbons (Fsp3) is 0.0909. The van der Waals surface area contributed by atoms with Gasteiger partial charge in [-0.05, 0) is 85.0 Å². The number of aromatic nitrogens is 6. The van der Waals surface area contributed by atoms with Crippen LogP contribution in [0, 0.1) is 0 Å². The minimum atomic E-state index is -1.13. The Labute approximate surface area is 257 Å². The van der Waals surface area contributed by atoms with Gasteiger partial charge < -0.3 is 16.8 Å². The van der Waals surface area contributed by atoms with E-state index >= 15 is 0 Å². The van der Waals surface area contributed by atoms with Crippen LogP contribution in [0.1, 0.15) is 27.9 Å². The van der Waals surface area contributed by atoms with Crippen molar-refractivity contribution in [3.63, 3.8) is 0 Å². The Kier molecular flexibility index (Phi) is 7.85. The molecule has 0 fully saturated rings. The van der Waals surface area contributed by atoms with Crippen LogP contribution in [-0.4, -0.2) is 41.1 Å². The van der Waals surface area contributed by atoms with Gasteiger partial charge in [0.05, 0.1) is 16.8 Å². The number of aryl methyl sites for hydroxylation is 2. The van der Waals surface area contributed by atoms with Gasteiger partial charge in [0.15, 0.2) is 23.1 Å². The number of rotatable bonds is 6. The maximum absolute atomic E-state index is 12.4. The quantitative estimate of drug-likeness (QED) is 0.228. The standard InChI is InChI=1S/C23H19N7.C10H9FN2O2/c24-21-18(6-2-11-25-21)22-27-19-9-10-20(29-13-3-12-26-29)28-23(19)30(22)17-8-7-15-4-1-5-16(15)14-17;1-6(11)10(15)13-8-5-3-2-4-7(8)9(12)14/h2-3,6-14H,1,4-5H2,(H2,24,25);2-5H,1H2,(H2,12,14)(H,13,15). The second kappa shape index (κ2) is 12.2. The van der Waals surface area contributed by atoms with Crippen molar-refractivity contribution in [3.05, 3.63) is 120 Å². The summed E-state index contributed by atoms with van der Waals surface area (Å²) in [5.41, 5.74) is 17.8. The van der Waals surface area contributed by atoms with Crippen molar-refractivity contribution in [1.29, 1.82) is 0 Å². The summed E-state index contributed by atoms with van der Waals surface area (Å²) in [6.45, 7) is 2.83. The highest BCUT2D eigenvalue weighted by Gasteiger charge is 2.20. The van der Waals surface area contributed by atoms with Crippen LogP contribution >= 0.6 is 0 Å². The first-order chi connectivity index (χ1) is 21.8. The maximum Gasteiger partial charge on any atom is 0.283 e. The first-order valence-electron chi connectivity index (χ1n) is 14.1. The monoisotopic (exact) mass is 601 g/mol. The number of para-hydroxylation sites is 1. The van der Waals surface area contributed by atoms with E-state index in [1.807, 2.05) is 36.5 Å². The number of nitrogens with two attached hydrogens (primary N) is 2. The fourth-order valence-corrected chi connectivity index (χ4v) is 5.21. The van der Waals surface area contributed by atoms with Crippen LogP contribution in [0.15, 0.2) is 104 Å². The number of anilines is 2. The van der Waals surface area contributed by atoms with E-state index in [1.165, 1.54) is 29.7 Å². The van der Waals surface area contributed by atoms with Crippen LogP contribution in [0.2, 0.25) is 0 Å². The number of halogens is 1. The lowest BCUT2D eigenvalue weighted by molar-refractivity contribution is -0.114. The Hall–Kier alpha value is -6.17. The third-order valence-corrected chi connectivity index (χ3v) is 7.34. The third-order valence-electron chi connectivity index (χ3n) is 7.34. The van der Waals surface area contributed by atoms with Gasteiger partial charge in [0.2, 0.25) is 0 Å². The number of nitrogens with one attached hydrogen (secondary N) is 1. The number of nitrogens with zero attached hydrogens (tertiary/aromatic N) is 6. The Morgan fingerprint density at radius 3 is 2.51 bits per heavy atom. The maximum atomic E-state index is 12.4. The molecule has 0 bridgehead atoms. The number of amides is 2. The highest BCUT2D eigenvalue weighted by molar-refractivity contribution is 6.07. The lowest BCUT2D eigenvalue weighted by Crippen LogP contribution is -2.17. The second-order valence-corrected chi connectivity index (χ2v) is 10.2. The number of hydrogen-bond donors (Lipinski definition) is 3. The van der Waals surface area contributed by atoms with E-state index in [0.29, 0.717) is 5.82 Å². The smallest absolute Gasteiger partial charge is 0.283 e. The summed E-state index contributed by atoms with van der Waals surface area (Å²) in [6, 6.07) is 22.3. The van der Waals surface area contributed by atoms with Crippen molar-refractivity contribution in [1.82, 2.24) is 29.3 Å². The number of carbonyl (C=O) groups is 2. The zero-order valence-corrected chi connectivity index (χ0v) is 24.0. The number of primary amides is 1. The predicted octanol–water partition coefficient (Wildman–Crippen LogP) is 4.95. The Morgan fingerprint density at radius 1 is 0.933 bits per heavy atom. The van der Waals surface area contributed by atoms with Gasteiger partial charge in [-0.1, -0.05) is 24.8 Å². The third kappa shape index (κ3) is 5.89. The van der Waals surface area contributed by atoms with E-state index in [9.17, 15) is 14.0 Å². The lowest BCUT2D eigenvalue weighted by atomic mass is 10.1. The van der Waals surface area contributed by atoms with Crippen LogP contribution < -0.4 is 16.8 Å². The van der Waals surface area contributed by atoms with Gasteiger partial charge in [-0.3, -0.25) is 14.2 Å². The summed E-state index contributed by atoms with van der Waals surface area (Å²) < 4.78 is 16.2. The number of fused-ring (bicyclic) bond motifs is 2. The molecule has 0 saturated heterocycles. The number of imidazole rings is 1. The number of hydrogen-bond acceptors (Lipinski definition) is 7. The van der Waals surface area contributed by atoms with Crippen molar-refractivity contribution >= 4 is 34.5 Å². The van der Waals surface area contributed by atoms with Crippen LogP contribution in [0.25, 0.3) is 34.1 Å². The molecule has 0 spiro atoms. The highest BCUT2D eigenvalue weighted by atomic mass is 19.1. The van der Waals surface area contributed by atoms with Crippen molar-refractivity contribution in [3.8, 4) is 22.9 Å². The normalized spacial score (nSPS) is 11.8. The topological polar surface area (TPSA) is 160 Å². The number of nitrogen functional groups attached to an aromatic ring is 1. The van der Waals surface area contributed by atoms with Gasteiger partial charge in [0.25, 0.3) is 11.8 Å². The second-order valence-electron chi connectivity index (χ2n) is 10.2. The predicted molar refractivity (Wildman–Crippen MR) is 169 cm³/mol. The van der Waals surface area contributed by atoms with E-state index in [-0.39, 0.29) is 11.3 Å². The fourth-order valence-electron chi connectivity index (χ4n) is 5.21. The summed E-state index contributed by atoms with van der Waals surface area (Å²) in [7, 11) is 0. The molecule has 11 nitrogen and oxygen atoms in total. The molecule has 0 saturated carbocycles. The van der Waals surface area contributed by atoms with E-state index in [4.69, 9.17) is 21.4 Å². The zero-order chi connectivity index (χ0) is 31.5. The average molecular weight is 602 g/mol. The number of benzene rings is 2. The summed E-state index contributed by atoms with van der Waals surface area (Å²) >= 11 is 0. The van der Waals surface area contributed by atoms with Crippen LogP contribution in [0.3, 0.4) is 0 Å². The zero-order valence-electron chi connectivity index (χ0n) is 24.0. The van der Waals surface area contributed by atoms with Crippen molar-refractivity contribution < 1.29 is 14.0 Å². The molecule has 4 heterocycles. The summed E-state index contributed by atoms with van der Waals surface area (Å²) in [5.74, 6) is -0.907. The van der Waals surface area contributed by atoms with Gasteiger partial charge >= 0.3 is 0 Å². The number of pyridine rings is 2. The molecule has 1 aliphatic rings. The molecule has 0 radical (unpaired) electrons. The van der Waals surface area contributed by atoms with Gasteiger partial charge in [-0.15, -0.1) is 0 Å². The average Bonchev–Trinajstić information content (AvgIpc) is 3.81. The van der Waals surface area contributed by atoms with Crippen molar-refractivity contribution in [2.45, 2.75) is 19.3 Å².